The van der Waals surface area contributed by atoms with E-state index >= 15 is 0 Å². The van der Waals surface area contributed by atoms with Crippen molar-refractivity contribution in [2.75, 3.05) is 57.8 Å². The topological polar surface area (TPSA) is 73.9 Å². The molecule has 1 aromatic rings. The number of nitrogens with one attached hydrogen (secondary N) is 2. The Morgan fingerprint density at radius 1 is 1.17 bits per heavy atom. The van der Waals surface area contributed by atoms with E-state index in [-0.39, 0.29) is 11.8 Å². The van der Waals surface area contributed by atoms with E-state index in [1.54, 1.807) is 0 Å². The smallest absolute Gasteiger partial charge is 0.238 e. The van der Waals surface area contributed by atoms with Crippen molar-refractivity contribution < 1.29 is 14.3 Å². The van der Waals surface area contributed by atoms with Crippen LogP contribution in [0, 0.1) is 13.8 Å². The predicted octanol–water partition coefficient (Wildman–Crippen LogP) is 1.93. The molecule has 2 aliphatic rings. The monoisotopic (exact) mass is 416 g/mol. The second-order valence-electron chi connectivity index (χ2n) is 8.48. The maximum Gasteiger partial charge on any atom is 0.238 e. The zero-order valence-electron chi connectivity index (χ0n) is 18.4. The number of aryl methyl sites for hydroxylation is 2. The van der Waals surface area contributed by atoms with Gasteiger partial charge in [-0.3, -0.25) is 19.4 Å². The van der Waals surface area contributed by atoms with Crippen molar-refractivity contribution >= 4 is 17.5 Å². The minimum atomic E-state index is -0.0125. The summed E-state index contributed by atoms with van der Waals surface area (Å²) in [5, 5.41) is 6.05. The average Bonchev–Trinajstić information content (AvgIpc) is 3.57. The first-order valence-corrected chi connectivity index (χ1v) is 11.2. The summed E-state index contributed by atoms with van der Waals surface area (Å²) in [7, 11) is 0. The summed E-state index contributed by atoms with van der Waals surface area (Å²) in [5.41, 5.74) is 3.05. The molecule has 0 spiro atoms. The van der Waals surface area contributed by atoms with Crippen LogP contribution in [-0.2, 0) is 14.3 Å². The largest absolute Gasteiger partial charge is 0.379 e. The van der Waals surface area contributed by atoms with Crippen LogP contribution in [0.2, 0.25) is 0 Å². The van der Waals surface area contributed by atoms with Crippen LogP contribution in [0.4, 0.5) is 5.69 Å². The molecule has 2 fully saturated rings. The molecule has 1 heterocycles. The fraction of sp³-hybridized carbons (Fsp3) is 0.652. The molecule has 2 N–H and O–H groups in total. The van der Waals surface area contributed by atoms with Crippen molar-refractivity contribution in [1.82, 2.24) is 15.1 Å². The summed E-state index contributed by atoms with van der Waals surface area (Å²) in [6, 6.07) is 6.50. The van der Waals surface area contributed by atoms with Crippen molar-refractivity contribution in [3.63, 3.8) is 0 Å². The van der Waals surface area contributed by atoms with Crippen molar-refractivity contribution in [2.24, 2.45) is 0 Å². The second-order valence-corrected chi connectivity index (χ2v) is 8.48. The van der Waals surface area contributed by atoms with E-state index in [0.717, 1.165) is 68.9 Å². The highest BCUT2D eigenvalue weighted by Crippen LogP contribution is 2.27. The van der Waals surface area contributed by atoms with Gasteiger partial charge >= 0.3 is 0 Å². The number of benzene rings is 1. The third-order valence-electron chi connectivity index (χ3n) is 5.78. The van der Waals surface area contributed by atoms with Crippen LogP contribution < -0.4 is 10.6 Å². The van der Waals surface area contributed by atoms with Gasteiger partial charge in [-0.1, -0.05) is 12.1 Å². The number of morpholine rings is 1. The quantitative estimate of drug-likeness (QED) is 0.540. The van der Waals surface area contributed by atoms with E-state index in [2.05, 4.69) is 20.4 Å². The molecular weight excluding hydrogens is 380 g/mol. The van der Waals surface area contributed by atoms with Gasteiger partial charge in [0, 0.05) is 44.3 Å². The maximum atomic E-state index is 12.6. The highest BCUT2D eigenvalue weighted by atomic mass is 16.5. The minimum absolute atomic E-state index is 0.0125. The van der Waals surface area contributed by atoms with Crippen molar-refractivity contribution in [3.8, 4) is 0 Å². The predicted molar refractivity (Wildman–Crippen MR) is 119 cm³/mol. The fourth-order valence-corrected chi connectivity index (χ4v) is 3.76. The van der Waals surface area contributed by atoms with Gasteiger partial charge in [0.1, 0.15) is 0 Å². The number of carbonyl (C=O) groups is 2. The molecule has 1 aliphatic heterocycles. The van der Waals surface area contributed by atoms with Gasteiger partial charge in [0.15, 0.2) is 0 Å². The molecular formula is C23H36N4O3. The number of rotatable bonds is 11. The molecule has 7 heteroatoms. The van der Waals surface area contributed by atoms with E-state index in [4.69, 9.17) is 4.74 Å². The lowest BCUT2D eigenvalue weighted by atomic mass is 10.1. The first-order chi connectivity index (χ1) is 14.5. The average molecular weight is 417 g/mol. The first-order valence-electron chi connectivity index (χ1n) is 11.2. The standard InChI is InChI=1S/C23H36N4O3/c1-18-4-5-19(2)21(16-18)25-23(29)17-27(20-6-7-20)11-8-22(28)24-9-3-10-26-12-14-30-15-13-26/h4-5,16,20H,3,6-15,17H2,1-2H3,(H,24,28)(H,25,29). The Labute approximate surface area is 180 Å². The highest BCUT2D eigenvalue weighted by Gasteiger charge is 2.30. The van der Waals surface area contributed by atoms with Gasteiger partial charge < -0.3 is 15.4 Å². The van der Waals surface area contributed by atoms with Gasteiger partial charge in [0.25, 0.3) is 0 Å². The zero-order valence-corrected chi connectivity index (χ0v) is 18.4. The number of hydrogen-bond donors (Lipinski definition) is 2. The first kappa shape index (κ1) is 22.7. The van der Waals surface area contributed by atoms with Crippen LogP contribution in [0.25, 0.3) is 0 Å². The van der Waals surface area contributed by atoms with E-state index in [9.17, 15) is 9.59 Å². The van der Waals surface area contributed by atoms with Crippen LogP contribution in [0.3, 0.4) is 0 Å². The Bertz CT molecular complexity index is 714. The number of ether oxygens (including phenoxy) is 1. The minimum Gasteiger partial charge on any atom is -0.379 e. The van der Waals surface area contributed by atoms with Gasteiger partial charge in [0.2, 0.25) is 11.8 Å². The Hall–Kier alpha value is -1.96. The summed E-state index contributed by atoms with van der Waals surface area (Å²) < 4.78 is 5.35. The third-order valence-corrected chi connectivity index (χ3v) is 5.78. The zero-order chi connectivity index (χ0) is 21.3. The number of hydrogen-bond acceptors (Lipinski definition) is 5. The molecule has 1 saturated heterocycles. The van der Waals surface area contributed by atoms with E-state index in [1.807, 2.05) is 32.0 Å². The van der Waals surface area contributed by atoms with Gasteiger partial charge in [-0.05, 0) is 56.8 Å². The highest BCUT2D eigenvalue weighted by molar-refractivity contribution is 5.93. The second kappa shape index (κ2) is 11.4. The molecule has 166 valence electrons. The lowest BCUT2D eigenvalue weighted by Gasteiger charge is -2.26. The number of carbonyl (C=O) groups excluding carboxylic acids is 2. The van der Waals surface area contributed by atoms with Crippen LogP contribution in [0.1, 0.15) is 36.8 Å². The summed E-state index contributed by atoms with van der Waals surface area (Å²) in [6.45, 7) is 10.2. The Kier molecular flexibility index (Phi) is 8.66. The molecule has 30 heavy (non-hydrogen) atoms. The molecule has 7 nitrogen and oxygen atoms in total. The van der Waals surface area contributed by atoms with Crippen molar-refractivity contribution in [1.29, 1.82) is 0 Å². The molecule has 0 bridgehead atoms. The number of anilines is 1. The summed E-state index contributed by atoms with van der Waals surface area (Å²) in [5.74, 6) is 0.0547. The van der Waals surface area contributed by atoms with Gasteiger partial charge in [-0.2, -0.15) is 0 Å². The normalized spacial score (nSPS) is 17.2. The molecule has 0 aromatic heterocycles. The lowest BCUT2D eigenvalue weighted by Crippen LogP contribution is -2.39. The Morgan fingerprint density at radius 3 is 2.67 bits per heavy atom. The molecule has 0 radical (unpaired) electrons. The molecule has 1 saturated carbocycles. The van der Waals surface area contributed by atoms with Crippen molar-refractivity contribution in [2.45, 2.75) is 45.6 Å². The van der Waals surface area contributed by atoms with E-state index in [1.165, 1.54) is 0 Å². The van der Waals surface area contributed by atoms with Crippen LogP contribution in [0.15, 0.2) is 18.2 Å². The van der Waals surface area contributed by atoms with Gasteiger partial charge in [-0.15, -0.1) is 0 Å². The summed E-state index contributed by atoms with van der Waals surface area (Å²) >= 11 is 0. The Morgan fingerprint density at radius 2 is 1.93 bits per heavy atom. The van der Waals surface area contributed by atoms with E-state index < -0.39 is 0 Å². The molecule has 0 unspecified atom stereocenters. The summed E-state index contributed by atoms with van der Waals surface area (Å²) in [4.78, 5) is 29.3. The molecule has 3 rings (SSSR count). The SMILES string of the molecule is Cc1ccc(C)c(NC(=O)CN(CCC(=O)NCCCN2CCOCC2)C2CC2)c1. The summed E-state index contributed by atoms with van der Waals surface area (Å²) in [6.07, 6.45) is 3.61. The van der Waals surface area contributed by atoms with Crippen LogP contribution in [0.5, 0.6) is 0 Å². The van der Waals surface area contributed by atoms with Gasteiger partial charge in [0.05, 0.1) is 19.8 Å². The fourth-order valence-electron chi connectivity index (χ4n) is 3.76. The van der Waals surface area contributed by atoms with E-state index in [0.29, 0.717) is 32.1 Å². The molecule has 2 amide bonds. The molecule has 1 aliphatic carbocycles. The van der Waals surface area contributed by atoms with Crippen LogP contribution >= 0.6 is 0 Å². The van der Waals surface area contributed by atoms with Crippen molar-refractivity contribution in [3.05, 3.63) is 29.3 Å². The van der Waals surface area contributed by atoms with Gasteiger partial charge in [-0.25, -0.2) is 0 Å². The number of nitrogens with zero attached hydrogens (tertiary/aromatic N) is 2. The lowest BCUT2D eigenvalue weighted by molar-refractivity contribution is -0.122. The maximum absolute atomic E-state index is 12.6. The Balaban J connectivity index is 1.35. The number of amides is 2. The molecule has 1 aromatic carbocycles. The third kappa shape index (κ3) is 7.70. The van der Waals surface area contributed by atoms with Crippen LogP contribution in [-0.4, -0.2) is 80.1 Å². The molecule has 0 atom stereocenters.